The molecule has 0 unspecified atom stereocenters. The Labute approximate surface area is 159 Å². The Balaban J connectivity index is 1.31. The maximum Gasteiger partial charge on any atom is 0.223 e. The van der Waals surface area contributed by atoms with Crippen LogP contribution in [-0.4, -0.2) is 72.1 Å². The van der Waals surface area contributed by atoms with Crippen molar-refractivity contribution in [3.8, 4) is 0 Å². The van der Waals surface area contributed by atoms with Crippen molar-refractivity contribution < 1.29 is 9.63 Å². The lowest BCUT2D eigenvalue weighted by atomic mass is 9.96. The normalized spacial score (nSPS) is 21.1. The van der Waals surface area contributed by atoms with Gasteiger partial charge in [0.25, 0.3) is 0 Å². The van der Waals surface area contributed by atoms with E-state index in [1.54, 1.807) is 0 Å². The molecule has 1 N–H and O–H groups in total. The molecule has 2 aliphatic heterocycles. The van der Waals surface area contributed by atoms with Gasteiger partial charge in [-0.15, -0.1) is 10.2 Å². The van der Waals surface area contributed by atoms with Crippen molar-refractivity contribution in [1.29, 1.82) is 0 Å². The first-order valence-electron chi connectivity index (χ1n) is 9.88. The van der Waals surface area contributed by atoms with Gasteiger partial charge in [-0.05, 0) is 38.8 Å². The molecule has 9 heteroatoms. The van der Waals surface area contributed by atoms with Crippen LogP contribution in [0.15, 0.2) is 4.52 Å². The molecule has 2 aliphatic rings. The van der Waals surface area contributed by atoms with E-state index in [1.807, 2.05) is 6.92 Å². The van der Waals surface area contributed by atoms with E-state index >= 15 is 0 Å². The molecule has 2 saturated heterocycles. The highest BCUT2D eigenvalue weighted by Crippen LogP contribution is 2.27. The van der Waals surface area contributed by atoms with E-state index < -0.39 is 0 Å². The van der Waals surface area contributed by atoms with Gasteiger partial charge in [-0.3, -0.25) is 9.80 Å². The second kappa shape index (κ2) is 8.04. The molecule has 4 rings (SSSR count). The zero-order valence-electron chi connectivity index (χ0n) is 16.2. The molecule has 148 valence electrons. The highest BCUT2D eigenvalue weighted by Gasteiger charge is 2.27. The summed E-state index contributed by atoms with van der Waals surface area (Å²) >= 11 is 0. The molecule has 0 aliphatic carbocycles. The molecule has 2 aromatic rings. The lowest BCUT2D eigenvalue weighted by molar-refractivity contribution is 0.0775. The molecule has 0 spiro atoms. The van der Waals surface area contributed by atoms with Gasteiger partial charge < -0.3 is 14.2 Å². The number of aromatic nitrogens is 5. The van der Waals surface area contributed by atoms with Gasteiger partial charge in [-0.1, -0.05) is 5.16 Å². The topological polar surface area (TPSA) is 96.3 Å². The van der Waals surface area contributed by atoms with Gasteiger partial charge in [0.05, 0.1) is 19.2 Å². The minimum Gasteiger partial charge on any atom is -0.393 e. The molecular formula is C18H29N7O2. The molecule has 9 nitrogen and oxygen atoms in total. The minimum absolute atomic E-state index is 0.141. The Morgan fingerprint density at radius 2 is 1.67 bits per heavy atom. The van der Waals surface area contributed by atoms with E-state index in [-0.39, 0.29) is 6.10 Å². The van der Waals surface area contributed by atoms with Crippen LogP contribution in [0.25, 0.3) is 0 Å². The highest BCUT2D eigenvalue weighted by molar-refractivity contribution is 5.04. The summed E-state index contributed by atoms with van der Waals surface area (Å²) in [5.41, 5.74) is 0. The average molecular weight is 375 g/mol. The SMILES string of the molecule is Cc1nc(CN2CCC(c3nnc(CN4CCC(O)CC4)n3C)CC2)no1. The predicted molar refractivity (Wildman–Crippen MR) is 97.8 cm³/mol. The van der Waals surface area contributed by atoms with Crippen LogP contribution in [0.5, 0.6) is 0 Å². The summed E-state index contributed by atoms with van der Waals surface area (Å²) in [4.78, 5) is 9.02. The second-order valence-corrected chi connectivity index (χ2v) is 7.82. The Kier molecular flexibility index (Phi) is 5.51. The lowest BCUT2D eigenvalue weighted by Gasteiger charge is -2.31. The molecule has 0 aromatic carbocycles. The third kappa shape index (κ3) is 4.36. The zero-order valence-corrected chi connectivity index (χ0v) is 16.2. The summed E-state index contributed by atoms with van der Waals surface area (Å²) in [5.74, 6) is 3.94. The van der Waals surface area contributed by atoms with Crippen LogP contribution in [0, 0.1) is 6.92 Å². The van der Waals surface area contributed by atoms with Crippen LogP contribution >= 0.6 is 0 Å². The predicted octanol–water partition coefficient (Wildman–Crippen LogP) is 0.843. The van der Waals surface area contributed by atoms with E-state index in [4.69, 9.17) is 4.52 Å². The Bertz CT molecular complexity index is 743. The number of hydrogen-bond acceptors (Lipinski definition) is 8. The van der Waals surface area contributed by atoms with Gasteiger partial charge in [-0.2, -0.15) is 4.98 Å². The van der Waals surface area contributed by atoms with Gasteiger partial charge >= 0.3 is 0 Å². The smallest absolute Gasteiger partial charge is 0.223 e. The van der Waals surface area contributed by atoms with Crippen molar-refractivity contribution >= 4 is 0 Å². The number of aliphatic hydroxyl groups is 1. The highest BCUT2D eigenvalue weighted by atomic mass is 16.5. The first kappa shape index (κ1) is 18.5. The van der Waals surface area contributed by atoms with Crippen molar-refractivity contribution in [1.82, 2.24) is 34.7 Å². The largest absolute Gasteiger partial charge is 0.393 e. The fourth-order valence-electron chi connectivity index (χ4n) is 4.10. The van der Waals surface area contributed by atoms with E-state index in [9.17, 15) is 5.11 Å². The maximum absolute atomic E-state index is 9.66. The first-order valence-corrected chi connectivity index (χ1v) is 9.88. The molecule has 27 heavy (non-hydrogen) atoms. The number of likely N-dealkylation sites (tertiary alicyclic amines) is 2. The molecule has 4 heterocycles. The van der Waals surface area contributed by atoms with E-state index in [2.05, 4.69) is 41.8 Å². The van der Waals surface area contributed by atoms with Crippen LogP contribution < -0.4 is 0 Å². The number of piperidine rings is 2. The van der Waals surface area contributed by atoms with Crippen molar-refractivity contribution in [3.63, 3.8) is 0 Å². The lowest BCUT2D eigenvalue weighted by Crippen LogP contribution is -2.36. The van der Waals surface area contributed by atoms with Crippen molar-refractivity contribution in [2.24, 2.45) is 7.05 Å². The number of aryl methyl sites for hydroxylation is 1. The molecule has 0 saturated carbocycles. The minimum atomic E-state index is -0.141. The van der Waals surface area contributed by atoms with Crippen LogP contribution in [0.4, 0.5) is 0 Å². The average Bonchev–Trinajstić information content (AvgIpc) is 3.24. The standard InChI is InChI=1S/C18H29N7O2/c1-13-19-16(22-27-13)11-24-7-3-14(4-8-24)18-21-20-17(23(18)2)12-25-9-5-15(26)6-10-25/h14-15,26H,3-12H2,1-2H3. The number of hydrogen-bond donors (Lipinski definition) is 1. The van der Waals surface area contributed by atoms with Crippen LogP contribution in [-0.2, 0) is 20.1 Å². The number of nitrogens with zero attached hydrogens (tertiary/aromatic N) is 7. The quantitative estimate of drug-likeness (QED) is 0.821. The summed E-state index contributed by atoms with van der Waals surface area (Å²) in [6, 6.07) is 0. The summed E-state index contributed by atoms with van der Waals surface area (Å²) in [5, 5.41) is 22.6. The van der Waals surface area contributed by atoms with Gasteiger partial charge in [0, 0.05) is 33.0 Å². The molecule has 0 atom stereocenters. The maximum atomic E-state index is 9.66. The van der Waals surface area contributed by atoms with Gasteiger partial charge in [0.1, 0.15) is 11.6 Å². The summed E-state index contributed by atoms with van der Waals surface area (Å²) in [6.07, 6.45) is 3.70. The van der Waals surface area contributed by atoms with E-state index in [1.165, 1.54) is 0 Å². The fraction of sp³-hybridized carbons (Fsp3) is 0.778. The van der Waals surface area contributed by atoms with Crippen LogP contribution in [0.1, 0.15) is 55.0 Å². The van der Waals surface area contributed by atoms with Crippen LogP contribution in [0.2, 0.25) is 0 Å². The fourth-order valence-corrected chi connectivity index (χ4v) is 4.10. The van der Waals surface area contributed by atoms with Gasteiger partial charge in [-0.25, -0.2) is 0 Å². The van der Waals surface area contributed by atoms with Crippen molar-refractivity contribution in [2.45, 2.75) is 57.7 Å². The summed E-state index contributed by atoms with van der Waals surface area (Å²) < 4.78 is 7.23. The van der Waals surface area contributed by atoms with Crippen molar-refractivity contribution in [2.75, 3.05) is 26.2 Å². The van der Waals surface area contributed by atoms with Gasteiger partial charge in [0.15, 0.2) is 5.82 Å². The van der Waals surface area contributed by atoms with E-state index in [0.717, 1.165) is 82.4 Å². The molecule has 2 aromatic heterocycles. The molecular weight excluding hydrogens is 346 g/mol. The Morgan fingerprint density at radius 3 is 2.33 bits per heavy atom. The first-order chi connectivity index (χ1) is 13.1. The number of rotatable bonds is 5. The molecule has 2 fully saturated rings. The van der Waals surface area contributed by atoms with Gasteiger partial charge in [0.2, 0.25) is 5.89 Å². The Morgan fingerprint density at radius 1 is 1.00 bits per heavy atom. The zero-order chi connectivity index (χ0) is 18.8. The van der Waals surface area contributed by atoms with Crippen molar-refractivity contribution in [3.05, 3.63) is 23.4 Å². The Hall–Kier alpha value is -1.84. The summed E-state index contributed by atoms with van der Waals surface area (Å²) in [6.45, 7) is 7.24. The molecule has 0 bridgehead atoms. The third-order valence-corrected chi connectivity index (χ3v) is 5.81. The van der Waals surface area contributed by atoms with E-state index in [0.29, 0.717) is 11.8 Å². The third-order valence-electron chi connectivity index (χ3n) is 5.81. The summed E-state index contributed by atoms with van der Waals surface area (Å²) in [7, 11) is 2.08. The van der Waals surface area contributed by atoms with Crippen LogP contribution in [0.3, 0.4) is 0 Å². The molecule has 0 radical (unpaired) electrons. The second-order valence-electron chi connectivity index (χ2n) is 7.82. The number of aliphatic hydroxyl groups excluding tert-OH is 1. The molecule has 0 amide bonds. The monoisotopic (exact) mass is 375 g/mol.